The van der Waals surface area contributed by atoms with E-state index in [2.05, 4.69) is 4.98 Å². The van der Waals surface area contributed by atoms with Gasteiger partial charge in [-0.2, -0.15) is 0 Å². The minimum absolute atomic E-state index is 0.0186. The van der Waals surface area contributed by atoms with Crippen LogP contribution in [0.4, 0.5) is 4.39 Å². The number of Topliss-reactive ketones (excluding diaryl/α,β-unsaturated/α-hetero) is 1. The van der Waals surface area contributed by atoms with Crippen molar-refractivity contribution in [2.45, 2.75) is 0 Å². The van der Waals surface area contributed by atoms with Gasteiger partial charge < -0.3 is 10.5 Å². The molecule has 6 heteroatoms. The summed E-state index contributed by atoms with van der Waals surface area (Å²) in [5.41, 5.74) is 7.39. The molecule has 0 saturated heterocycles. The third-order valence-corrected chi connectivity index (χ3v) is 3.58. The Labute approximate surface area is 131 Å². The van der Waals surface area contributed by atoms with Crippen molar-refractivity contribution in [1.29, 1.82) is 0 Å². The van der Waals surface area contributed by atoms with Gasteiger partial charge in [0.05, 0.1) is 11.6 Å². The van der Waals surface area contributed by atoms with Crippen LogP contribution in [0.25, 0.3) is 17.3 Å². The molecular formula is C16H12ClFN2O2. The molecule has 0 bridgehead atoms. The van der Waals surface area contributed by atoms with Crippen molar-refractivity contribution in [2.75, 3.05) is 13.2 Å². The zero-order valence-electron chi connectivity index (χ0n) is 11.5. The van der Waals surface area contributed by atoms with Crippen molar-refractivity contribution < 1.29 is 13.9 Å². The summed E-state index contributed by atoms with van der Waals surface area (Å²) >= 11 is 5.83. The molecule has 0 unspecified atom stereocenters. The molecule has 3 rings (SSSR count). The number of rotatable bonds is 3. The number of ketones is 1. The Bertz CT molecular complexity index is 790. The first-order chi connectivity index (χ1) is 10.6. The van der Waals surface area contributed by atoms with E-state index in [0.29, 0.717) is 23.6 Å². The highest BCUT2D eigenvalue weighted by Gasteiger charge is 2.19. The summed E-state index contributed by atoms with van der Waals surface area (Å²) in [5.74, 6) is -0.260. The van der Waals surface area contributed by atoms with E-state index in [4.69, 9.17) is 22.1 Å². The number of fused-ring (bicyclic) bond motifs is 1. The lowest BCUT2D eigenvalue weighted by molar-refractivity contribution is 0.0996. The van der Waals surface area contributed by atoms with Gasteiger partial charge in [-0.25, -0.2) is 9.37 Å². The molecule has 0 radical (unpaired) electrons. The van der Waals surface area contributed by atoms with Gasteiger partial charge in [0.1, 0.15) is 23.8 Å². The maximum Gasteiger partial charge on any atom is 0.194 e. The molecule has 1 aliphatic heterocycles. The standard InChI is InChI=1S/C16H12ClFN2O2/c17-11-6-9(3-4-12(11)18)15-16-10(2-1-5-22-16)7-13(20-15)14(21)8-19/h1-4,6-7H,5,8,19H2. The van der Waals surface area contributed by atoms with Crippen LogP contribution >= 0.6 is 11.6 Å². The predicted molar refractivity (Wildman–Crippen MR) is 82.6 cm³/mol. The molecule has 112 valence electrons. The van der Waals surface area contributed by atoms with Crippen molar-refractivity contribution in [1.82, 2.24) is 4.98 Å². The van der Waals surface area contributed by atoms with Crippen LogP contribution in [-0.4, -0.2) is 23.9 Å². The molecule has 0 atom stereocenters. The number of benzene rings is 1. The average molecular weight is 319 g/mol. The first-order valence-electron chi connectivity index (χ1n) is 6.63. The van der Waals surface area contributed by atoms with E-state index < -0.39 is 5.82 Å². The third-order valence-electron chi connectivity index (χ3n) is 3.29. The summed E-state index contributed by atoms with van der Waals surface area (Å²) in [7, 11) is 0. The third kappa shape index (κ3) is 2.61. The Kier molecular flexibility index (Phi) is 3.92. The van der Waals surface area contributed by atoms with Gasteiger partial charge >= 0.3 is 0 Å². The summed E-state index contributed by atoms with van der Waals surface area (Å²) in [5, 5.41) is -0.0186. The number of ether oxygens (including phenoxy) is 1. The summed E-state index contributed by atoms with van der Waals surface area (Å²) in [6.45, 7) is 0.265. The van der Waals surface area contributed by atoms with Crippen molar-refractivity contribution in [3.63, 3.8) is 0 Å². The van der Waals surface area contributed by atoms with Gasteiger partial charge in [0.25, 0.3) is 0 Å². The van der Waals surface area contributed by atoms with E-state index >= 15 is 0 Å². The fraction of sp³-hybridized carbons (Fsp3) is 0.125. The highest BCUT2D eigenvalue weighted by molar-refractivity contribution is 6.31. The summed E-state index contributed by atoms with van der Waals surface area (Å²) in [6.07, 6.45) is 3.68. The molecule has 22 heavy (non-hydrogen) atoms. The van der Waals surface area contributed by atoms with Crippen molar-refractivity contribution in [2.24, 2.45) is 5.73 Å². The fourth-order valence-electron chi connectivity index (χ4n) is 2.22. The van der Waals surface area contributed by atoms with E-state index in [1.807, 2.05) is 12.2 Å². The monoisotopic (exact) mass is 318 g/mol. The zero-order chi connectivity index (χ0) is 15.7. The molecule has 0 aliphatic carbocycles. The predicted octanol–water partition coefficient (Wildman–Crippen LogP) is 3.09. The molecule has 2 aromatic rings. The Morgan fingerprint density at radius 1 is 1.41 bits per heavy atom. The minimum atomic E-state index is -0.519. The molecule has 0 saturated carbocycles. The Hall–Kier alpha value is -2.24. The molecule has 4 nitrogen and oxygen atoms in total. The van der Waals surface area contributed by atoms with Crippen LogP contribution in [0.3, 0.4) is 0 Å². The molecular weight excluding hydrogens is 307 g/mol. The molecule has 1 aromatic heterocycles. The van der Waals surface area contributed by atoms with E-state index in [0.717, 1.165) is 5.56 Å². The van der Waals surface area contributed by atoms with Crippen LogP contribution in [0.5, 0.6) is 5.75 Å². The van der Waals surface area contributed by atoms with Crippen LogP contribution in [0.15, 0.2) is 30.3 Å². The van der Waals surface area contributed by atoms with E-state index in [1.165, 1.54) is 12.1 Å². The lowest BCUT2D eigenvalue weighted by Crippen LogP contribution is -2.16. The summed E-state index contributed by atoms with van der Waals surface area (Å²) in [6, 6.07) is 5.89. The van der Waals surface area contributed by atoms with Gasteiger partial charge in [-0.3, -0.25) is 4.79 Å². The minimum Gasteiger partial charge on any atom is -0.487 e. The molecule has 2 N–H and O–H groups in total. The van der Waals surface area contributed by atoms with E-state index in [-0.39, 0.29) is 23.0 Å². The van der Waals surface area contributed by atoms with Gasteiger partial charge in [-0.15, -0.1) is 0 Å². The van der Waals surface area contributed by atoms with Gasteiger partial charge in [-0.1, -0.05) is 17.7 Å². The van der Waals surface area contributed by atoms with E-state index in [1.54, 1.807) is 12.1 Å². The first kappa shape index (κ1) is 14.7. The molecule has 1 aromatic carbocycles. The van der Waals surface area contributed by atoms with Crippen LogP contribution in [0.1, 0.15) is 16.1 Å². The van der Waals surface area contributed by atoms with Crippen molar-refractivity contribution in [3.8, 4) is 17.0 Å². The smallest absolute Gasteiger partial charge is 0.194 e. The second kappa shape index (κ2) is 5.87. The highest BCUT2D eigenvalue weighted by atomic mass is 35.5. The molecule has 2 heterocycles. The first-order valence-corrected chi connectivity index (χ1v) is 7.01. The maximum absolute atomic E-state index is 13.4. The lowest BCUT2D eigenvalue weighted by atomic mass is 10.0. The SMILES string of the molecule is NCC(=O)c1cc2c(c(-c3ccc(F)c(Cl)c3)n1)OCC=C2. The second-order valence-electron chi connectivity index (χ2n) is 4.74. The molecule has 0 amide bonds. The van der Waals surface area contributed by atoms with Crippen LogP contribution < -0.4 is 10.5 Å². The quantitative estimate of drug-likeness (QED) is 0.883. The Morgan fingerprint density at radius 2 is 2.23 bits per heavy atom. The fourth-order valence-corrected chi connectivity index (χ4v) is 2.40. The number of hydrogen-bond acceptors (Lipinski definition) is 4. The zero-order valence-corrected chi connectivity index (χ0v) is 12.2. The van der Waals surface area contributed by atoms with Crippen LogP contribution in [-0.2, 0) is 0 Å². The number of pyridine rings is 1. The molecule has 0 spiro atoms. The normalized spacial score (nSPS) is 12.7. The number of carbonyl (C=O) groups excluding carboxylic acids is 1. The number of hydrogen-bond donors (Lipinski definition) is 1. The van der Waals surface area contributed by atoms with Crippen molar-refractivity contribution in [3.05, 3.63) is 52.4 Å². The van der Waals surface area contributed by atoms with Gasteiger partial charge in [0.15, 0.2) is 11.5 Å². The Morgan fingerprint density at radius 3 is 2.95 bits per heavy atom. The second-order valence-corrected chi connectivity index (χ2v) is 5.15. The maximum atomic E-state index is 13.4. The highest BCUT2D eigenvalue weighted by Crippen LogP contribution is 2.36. The van der Waals surface area contributed by atoms with Gasteiger partial charge in [-0.05, 0) is 30.3 Å². The number of carbonyl (C=O) groups is 1. The average Bonchev–Trinajstić information content (AvgIpc) is 2.55. The summed E-state index contributed by atoms with van der Waals surface area (Å²) in [4.78, 5) is 16.2. The van der Waals surface area contributed by atoms with Gasteiger partial charge in [0.2, 0.25) is 0 Å². The van der Waals surface area contributed by atoms with Crippen LogP contribution in [0.2, 0.25) is 5.02 Å². The molecule has 0 fully saturated rings. The summed E-state index contributed by atoms with van der Waals surface area (Å²) < 4.78 is 19.0. The van der Waals surface area contributed by atoms with E-state index in [9.17, 15) is 9.18 Å². The largest absolute Gasteiger partial charge is 0.487 e. The van der Waals surface area contributed by atoms with Gasteiger partial charge in [0, 0.05) is 11.1 Å². The number of halogens is 2. The molecule has 1 aliphatic rings. The number of nitrogens with zero attached hydrogens (tertiary/aromatic N) is 1. The number of nitrogens with two attached hydrogens (primary N) is 1. The van der Waals surface area contributed by atoms with Crippen molar-refractivity contribution >= 4 is 23.5 Å². The lowest BCUT2D eigenvalue weighted by Gasteiger charge is -2.17. The topological polar surface area (TPSA) is 65.2 Å². The van der Waals surface area contributed by atoms with Crippen LogP contribution in [0, 0.1) is 5.82 Å². The Balaban J connectivity index is 2.22. The number of aromatic nitrogens is 1.